The van der Waals surface area contributed by atoms with Crippen molar-refractivity contribution in [1.29, 1.82) is 0 Å². The molecule has 0 saturated heterocycles. The first-order valence-corrected chi connectivity index (χ1v) is 8.51. The van der Waals surface area contributed by atoms with Crippen LogP contribution in [0.25, 0.3) is 11.1 Å². The number of aryl methyl sites for hydroxylation is 2. The fourth-order valence-corrected chi connectivity index (χ4v) is 2.87. The second-order valence-electron chi connectivity index (χ2n) is 6.22. The van der Waals surface area contributed by atoms with E-state index in [4.69, 9.17) is 8.94 Å². The second-order valence-corrected chi connectivity index (χ2v) is 6.22. The number of nitrogens with zero attached hydrogens (tertiary/aromatic N) is 2. The molecule has 4 aromatic rings. The molecular formula is C20H18N4O3. The molecule has 0 saturated carbocycles. The first-order valence-electron chi connectivity index (χ1n) is 8.51. The number of carbonyl (C=O) groups excluding carboxylic acids is 1. The van der Waals surface area contributed by atoms with E-state index in [0.717, 1.165) is 16.8 Å². The molecule has 2 aromatic carbocycles. The lowest BCUT2D eigenvalue weighted by molar-refractivity contribution is -0.117. The number of hydrogen-bond donors (Lipinski definition) is 2. The number of rotatable bonds is 5. The Hall–Kier alpha value is -3.61. The molecule has 0 spiro atoms. The second kappa shape index (κ2) is 6.95. The van der Waals surface area contributed by atoms with Crippen LogP contribution in [0.5, 0.6) is 0 Å². The standard InChI is InChI=1S/C20H18N4O3/c1-12-10-18(24-27-12)23-20(25)19(14-6-4-3-5-7-14)22-15-8-9-17-16(11-15)21-13(2)26-17/h3-11,19,22H,1-2H3,(H,23,24,25)/t19-/m1/s1. The average Bonchev–Trinajstić information content (AvgIpc) is 3.24. The third-order valence-corrected chi connectivity index (χ3v) is 4.08. The van der Waals surface area contributed by atoms with Crippen LogP contribution in [0.1, 0.15) is 23.3 Å². The zero-order valence-corrected chi connectivity index (χ0v) is 14.9. The minimum Gasteiger partial charge on any atom is -0.441 e. The van der Waals surface area contributed by atoms with E-state index in [0.29, 0.717) is 23.1 Å². The van der Waals surface area contributed by atoms with Crippen LogP contribution in [-0.2, 0) is 4.79 Å². The number of benzene rings is 2. The van der Waals surface area contributed by atoms with E-state index in [2.05, 4.69) is 20.8 Å². The number of amides is 1. The highest BCUT2D eigenvalue weighted by atomic mass is 16.5. The van der Waals surface area contributed by atoms with Gasteiger partial charge < -0.3 is 19.6 Å². The average molecular weight is 362 g/mol. The van der Waals surface area contributed by atoms with E-state index in [1.54, 1.807) is 19.9 Å². The number of nitrogens with one attached hydrogen (secondary N) is 2. The number of oxazole rings is 1. The molecule has 136 valence electrons. The topological polar surface area (TPSA) is 93.2 Å². The summed E-state index contributed by atoms with van der Waals surface area (Å²) >= 11 is 0. The summed E-state index contributed by atoms with van der Waals surface area (Å²) in [4.78, 5) is 17.2. The van der Waals surface area contributed by atoms with Gasteiger partial charge in [-0.25, -0.2) is 4.98 Å². The van der Waals surface area contributed by atoms with Crippen molar-refractivity contribution in [2.75, 3.05) is 10.6 Å². The Bertz CT molecular complexity index is 1090. The van der Waals surface area contributed by atoms with E-state index in [-0.39, 0.29) is 5.91 Å². The summed E-state index contributed by atoms with van der Waals surface area (Å²) < 4.78 is 10.5. The molecule has 0 aliphatic heterocycles. The number of carbonyl (C=O) groups is 1. The van der Waals surface area contributed by atoms with Gasteiger partial charge in [-0.2, -0.15) is 0 Å². The molecule has 0 radical (unpaired) electrons. The van der Waals surface area contributed by atoms with Crippen LogP contribution < -0.4 is 10.6 Å². The maximum Gasteiger partial charge on any atom is 0.252 e. The van der Waals surface area contributed by atoms with Gasteiger partial charge in [0.1, 0.15) is 17.3 Å². The predicted octanol–water partition coefficient (Wildman–Crippen LogP) is 4.22. The summed E-state index contributed by atoms with van der Waals surface area (Å²) in [5.74, 6) is 1.36. The Balaban J connectivity index is 1.63. The molecule has 0 aliphatic carbocycles. The highest BCUT2D eigenvalue weighted by Crippen LogP contribution is 2.25. The molecule has 0 bridgehead atoms. The first-order chi connectivity index (χ1) is 13.1. The van der Waals surface area contributed by atoms with Gasteiger partial charge in [-0.3, -0.25) is 4.79 Å². The fraction of sp³-hybridized carbons (Fsp3) is 0.150. The first kappa shape index (κ1) is 16.8. The third-order valence-electron chi connectivity index (χ3n) is 4.08. The van der Waals surface area contributed by atoms with Crippen LogP contribution in [0.4, 0.5) is 11.5 Å². The smallest absolute Gasteiger partial charge is 0.252 e. The molecule has 7 nitrogen and oxygen atoms in total. The summed E-state index contributed by atoms with van der Waals surface area (Å²) in [6, 6.07) is 16.1. The molecule has 2 N–H and O–H groups in total. The van der Waals surface area contributed by atoms with Crippen molar-refractivity contribution in [3.05, 3.63) is 71.8 Å². The zero-order valence-electron chi connectivity index (χ0n) is 14.9. The quantitative estimate of drug-likeness (QED) is 0.552. The molecule has 0 fully saturated rings. The minimum atomic E-state index is -0.617. The Labute approximate surface area is 155 Å². The van der Waals surface area contributed by atoms with E-state index < -0.39 is 6.04 Å². The summed E-state index contributed by atoms with van der Waals surface area (Å²) in [6.07, 6.45) is 0. The van der Waals surface area contributed by atoms with Gasteiger partial charge in [0.2, 0.25) is 0 Å². The highest BCUT2D eigenvalue weighted by Gasteiger charge is 2.22. The molecule has 2 heterocycles. The molecule has 0 aliphatic rings. The molecule has 4 rings (SSSR count). The lowest BCUT2D eigenvalue weighted by Crippen LogP contribution is -2.27. The van der Waals surface area contributed by atoms with Gasteiger partial charge in [-0.15, -0.1) is 0 Å². The maximum atomic E-state index is 12.9. The Morgan fingerprint density at radius 3 is 2.63 bits per heavy atom. The number of fused-ring (bicyclic) bond motifs is 1. The molecule has 1 amide bonds. The van der Waals surface area contributed by atoms with Crippen molar-refractivity contribution >= 4 is 28.5 Å². The van der Waals surface area contributed by atoms with Gasteiger partial charge in [0.05, 0.1) is 0 Å². The van der Waals surface area contributed by atoms with Crippen molar-refractivity contribution < 1.29 is 13.7 Å². The molecule has 0 unspecified atom stereocenters. The van der Waals surface area contributed by atoms with Crippen LogP contribution in [0, 0.1) is 13.8 Å². The summed E-state index contributed by atoms with van der Waals surface area (Å²) in [6.45, 7) is 3.57. The van der Waals surface area contributed by atoms with Gasteiger partial charge >= 0.3 is 0 Å². The van der Waals surface area contributed by atoms with E-state index in [9.17, 15) is 4.79 Å². The normalized spacial score (nSPS) is 12.1. The number of aromatic nitrogens is 2. The predicted molar refractivity (Wildman–Crippen MR) is 101 cm³/mol. The number of anilines is 2. The van der Waals surface area contributed by atoms with Crippen molar-refractivity contribution in [3.8, 4) is 0 Å². The molecule has 2 aromatic heterocycles. The van der Waals surface area contributed by atoms with E-state index in [1.165, 1.54) is 0 Å². The lowest BCUT2D eigenvalue weighted by Gasteiger charge is -2.19. The van der Waals surface area contributed by atoms with Crippen molar-refractivity contribution in [2.45, 2.75) is 19.9 Å². The Morgan fingerprint density at radius 2 is 1.89 bits per heavy atom. The fourth-order valence-electron chi connectivity index (χ4n) is 2.87. The molecular weight excluding hydrogens is 344 g/mol. The van der Waals surface area contributed by atoms with Crippen molar-refractivity contribution in [1.82, 2.24) is 10.1 Å². The zero-order chi connectivity index (χ0) is 18.8. The van der Waals surface area contributed by atoms with Gasteiger partial charge in [0.15, 0.2) is 17.3 Å². The van der Waals surface area contributed by atoms with Crippen LogP contribution >= 0.6 is 0 Å². The van der Waals surface area contributed by atoms with Crippen LogP contribution in [-0.4, -0.2) is 16.0 Å². The molecule has 27 heavy (non-hydrogen) atoms. The van der Waals surface area contributed by atoms with Gasteiger partial charge in [-0.1, -0.05) is 35.5 Å². The van der Waals surface area contributed by atoms with Crippen LogP contribution in [0.2, 0.25) is 0 Å². The minimum absolute atomic E-state index is 0.245. The van der Waals surface area contributed by atoms with E-state index in [1.807, 2.05) is 48.5 Å². The van der Waals surface area contributed by atoms with Gasteiger partial charge in [0, 0.05) is 18.7 Å². The SMILES string of the molecule is Cc1cc(NC(=O)[C@H](Nc2ccc3oc(C)nc3c2)c2ccccc2)no1. The van der Waals surface area contributed by atoms with Crippen molar-refractivity contribution in [3.63, 3.8) is 0 Å². The van der Waals surface area contributed by atoms with Gasteiger partial charge in [-0.05, 0) is 30.7 Å². The van der Waals surface area contributed by atoms with Crippen molar-refractivity contribution in [2.24, 2.45) is 0 Å². The summed E-state index contributed by atoms with van der Waals surface area (Å²) in [7, 11) is 0. The largest absolute Gasteiger partial charge is 0.441 e. The molecule has 1 atom stereocenters. The monoisotopic (exact) mass is 362 g/mol. The van der Waals surface area contributed by atoms with Crippen LogP contribution in [0.15, 0.2) is 63.5 Å². The van der Waals surface area contributed by atoms with Gasteiger partial charge in [0.25, 0.3) is 5.91 Å². The Kier molecular flexibility index (Phi) is 4.33. The maximum absolute atomic E-state index is 12.9. The van der Waals surface area contributed by atoms with Crippen LogP contribution in [0.3, 0.4) is 0 Å². The Morgan fingerprint density at radius 1 is 1.07 bits per heavy atom. The third kappa shape index (κ3) is 3.67. The summed E-state index contributed by atoms with van der Waals surface area (Å²) in [5.41, 5.74) is 3.02. The molecule has 7 heteroatoms. The van der Waals surface area contributed by atoms with E-state index >= 15 is 0 Å². The summed E-state index contributed by atoms with van der Waals surface area (Å²) in [5, 5.41) is 9.88. The lowest BCUT2D eigenvalue weighted by atomic mass is 10.1. The number of hydrogen-bond acceptors (Lipinski definition) is 6. The highest BCUT2D eigenvalue weighted by molar-refractivity contribution is 5.96.